The van der Waals surface area contributed by atoms with E-state index < -0.39 is 5.54 Å². The van der Waals surface area contributed by atoms with Crippen LogP contribution in [0.1, 0.15) is 12.8 Å². The van der Waals surface area contributed by atoms with Crippen molar-refractivity contribution in [3.05, 3.63) is 0 Å². The molecule has 0 aromatic rings. The summed E-state index contributed by atoms with van der Waals surface area (Å²) in [6.45, 7) is 1.15. The summed E-state index contributed by atoms with van der Waals surface area (Å²) in [6, 6.07) is 0. The molecule has 1 atom stereocenters. The van der Waals surface area contributed by atoms with E-state index in [0.717, 1.165) is 12.8 Å². The van der Waals surface area contributed by atoms with Crippen LogP contribution in [0.15, 0.2) is 0 Å². The first-order valence-corrected chi connectivity index (χ1v) is 5.09. The van der Waals surface area contributed by atoms with Gasteiger partial charge in [-0.15, -0.1) is 0 Å². The molecule has 1 aliphatic rings. The van der Waals surface area contributed by atoms with Gasteiger partial charge in [0.25, 0.3) is 0 Å². The largest absolute Gasteiger partial charge is 0.468 e. The van der Waals surface area contributed by atoms with Gasteiger partial charge in [-0.2, -0.15) is 0 Å². The summed E-state index contributed by atoms with van der Waals surface area (Å²) in [7, 11) is 2.95. The van der Waals surface area contributed by atoms with Crippen molar-refractivity contribution in [3.8, 4) is 0 Å². The summed E-state index contributed by atoms with van der Waals surface area (Å²) in [5, 5.41) is 0. The summed E-state index contributed by atoms with van der Waals surface area (Å²) in [4.78, 5) is 11.5. The van der Waals surface area contributed by atoms with Gasteiger partial charge in [0.2, 0.25) is 0 Å². The van der Waals surface area contributed by atoms with Crippen LogP contribution in [0.25, 0.3) is 0 Å². The van der Waals surface area contributed by atoms with Crippen molar-refractivity contribution in [2.75, 3.05) is 34.0 Å². The second-order valence-electron chi connectivity index (χ2n) is 3.85. The number of hydrogen-bond donors (Lipinski definition) is 1. The molecule has 1 saturated carbocycles. The van der Waals surface area contributed by atoms with Crippen molar-refractivity contribution in [3.63, 3.8) is 0 Å². The SMILES string of the molecule is COCCOCC(N)(C(=O)OC)C1CC1. The first-order valence-electron chi connectivity index (χ1n) is 5.09. The normalized spacial score (nSPS) is 19.7. The van der Waals surface area contributed by atoms with Gasteiger partial charge in [-0.25, -0.2) is 4.79 Å². The van der Waals surface area contributed by atoms with Crippen molar-refractivity contribution < 1.29 is 19.0 Å². The van der Waals surface area contributed by atoms with Gasteiger partial charge in [0.05, 0.1) is 26.9 Å². The Balaban J connectivity index is 2.39. The quantitative estimate of drug-likeness (QED) is 0.477. The van der Waals surface area contributed by atoms with Crippen LogP contribution in [-0.4, -0.2) is 45.5 Å². The van der Waals surface area contributed by atoms with Gasteiger partial charge < -0.3 is 19.9 Å². The minimum absolute atomic E-state index is 0.201. The zero-order valence-electron chi connectivity index (χ0n) is 9.32. The van der Waals surface area contributed by atoms with E-state index in [2.05, 4.69) is 0 Å². The van der Waals surface area contributed by atoms with E-state index in [1.54, 1.807) is 7.11 Å². The Morgan fingerprint density at radius 1 is 1.40 bits per heavy atom. The molecule has 1 fully saturated rings. The predicted octanol–water partition coefficient (Wildman–Crippen LogP) is -0.0701. The van der Waals surface area contributed by atoms with Gasteiger partial charge in [-0.05, 0) is 18.8 Å². The molecule has 0 heterocycles. The highest BCUT2D eigenvalue weighted by atomic mass is 16.5. The van der Waals surface area contributed by atoms with E-state index in [-0.39, 0.29) is 18.5 Å². The van der Waals surface area contributed by atoms with E-state index in [9.17, 15) is 4.79 Å². The summed E-state index contributed by atoms with van der Waals surface area (Å²) < 4.78 is 14.8. The molecule has 0 aromatic carbocycles. The fraction of sp³-hybridized carbons (Fsp3) is 0.900. The van der Waals surface area contributed by atoms with Gasteiger partial charge in [-0.3, -0.25) is 0 Å². The molecular weight excluding hydrogens is 198 g/mol. The molecule has 0 aliphatic heterocycles. The van der Waals surface area contributed by atoms with E-state index in [4.69, 9.17) is 19.9 Å². The third-order valence-electron chi connectivity index (χ3n) is 2.64. The third-order valence-corrected chi connectivity index (χ3v) is 2.64. The molecule has 0 radical (unpaired) electrons. The lowest BCUT2D eigenvalue weighted by Gasteiger charge is -2.25. The first kappa shape index (κ1) is 12.4. The second-order valence-corrected chi connectivity index (χ2v) is 3.85. The van der Waals surface area contributed by atoms with Crippen LogP contribution in [0.5, 0.6) is 0 Å². The van der Waals surface area contributed by atoms with E-state index in [0.29, 0.717) is 13.2 Å². The Labute approximate surface area is 89.9 Å². The highest BCUT2D eigenvalue weighted by Crippen LogP contribution is 2.39. The number of esters is 1. The molecule has 1 rings (SSSR count). The fourth-order valence-corrected chi connectivity index (χ4v) is 1.52. The van der Waals surface area contributed by atoms with Crippen LogP contribution in [0.2, 0.25) is 0 Å². The number of ether oxygens (including phenoxy) is 3. The summed E-state index contributed by atoms with van der Waals surface area (Å²) >= 11 is 0. The Kier molecular flexibility index (Phi) is 4.50. The minimum Gasteiger partial charge on any atom is -0.468 e. The summed E-state index contributed by atoms with van der Waals surface area (Å²) in [5.74, 6) is -0.185. The molecule has 2 N–H and O–H groups in total. The smallest absolute Gasteiger partial charge is 0.328 e. The van der Waals surface area contributed by atoms with Crippen molar-refractivity contribution in [1.82, 2.24) is 0 Å². The van der Waals surface area contributed by atoms with Crippen LogP contribution in [0.4, 0.5) is 0 Å². The molecule has 0 spiro atoms. The molecule has 15 heavy (non-hydrogen) atoms. The van der Waals surface area contributed by atoms with E-state index in [1.807, 2.05) is 0 Å². The number of carbonyl (C=O) groups excluding carboxylic acids is 1. The van der Waals surface area contributed by atoms with Gasteiger partial charge in [0.1, 0.15) is 5.54 Å². The predicted molar refractivity (Wildman–Crippen MR) is 54.4 cm³/mol. The van der Waals surface area contributed by atoms with Crippen LogP contribution >= 0.6 is 0 Å². The lowest BCUT2D eigenvalue weighted by molar-refractivity contribution is -0.151. The number of rotatable bonds is 7. The van der Waals surface area contributed by atoms with E-state index >= 15 is 0 Å². The molecule has 0 aromatic heterocycles. The van der Waals surface area contributed by atoms with Crippen LogP contribution in [0, 0.1) is 5.92 Å². The second kappa shape index (κ2) is 5.44. The Bertz CT molecular complexity index is 217. The molecule has 5 heteroatoms. The molecule has 1 unspecified atom stereocenters. The number of nitrogens with two attached hydrogens (primary N) is 1. The fourth-order valence-electron chi connectivity index (χ4n) is 1.52. The third kappa shape index (κ3) is 3.15. The van der Waals surface area contributed by atoms with Crippen LogP contribution < -0.4 is 5.73 Å². The monoisotopic (exact) mass is 217 g/mol. The Morgan fingerprint density at radius 2 is 2.07 bits per heavy atom. The van der Waals surface area contributed by atoms with Crippen LogP contribution in [0.3, 0.4) is 0 Å². The maximum Gasteiger partial charge on any atom is 0.328 e. The van der Waals surface area contributed by atoms with Crippen LogP contribution in [-0.2, 0) is 19.0 Å². The highest BCUT2D eigenvalue weighted by Gasteiger charge is 2.49. The molecule has 0 saturated heterocycles. The maximum absolute atomic E-state index is 11.5. The number of methoxy groups -OCH3 is 2. The standard InChI is InChI=1S/C10H19NO4/c1-13-5-6-15-7-10(11,8-3-4-8)9(12)14-2/h8H,3-7,11H2,1-2H3. The average Bonchev–Trinajstić information content (AvgIpc) is 3.06. The topological polar surface area (TPSA) is 70.8 Å². The van der Waals surface area contributed by atoms with Gasteiger partial charge in [-0.1, -0.05) is 0 Å². The van der Waals surface area contributed by atoms with Crippen molar-refractivity contribution in [2.45, 2.75) is 18.4 Å². The van der Waals surface area contributed by atoms with E-state index in [1.165, 1.54) is 7.11 Å². The molecule has 0 bridgehead atoms. The molecule has 5 nitrogen and oxygen atoms in total. The lowest BCUT2D eigenvalue weighted by Crippen LogP contribution is -2.54. The average molecular weight is 217 g/mol. The number of carbonyl (C=O) groups is 1. The van der Waals surface area contributed by atoms with Gasteiger partial charge >= 0.3 is 5.97 Å². The Morgan fingerprint density at radius 3 is 2.53 bits per heavy atom. The molecule has 0 amide bonds. The number of hydrogen-bond acceptors (Lipinski definition) is 5. The molecular formula is C10H19NO4. The maximum atomic E-state index is 11.5. The Hall–Kier alpha value is -0.650. The van der Waals surface area contributed by atoms with Gasteiger partial charge in [0.15, 0.2) is 0 Å². The van der Waals surface area contributed by atoms with Crippen molar-refractivity contribution in [2.24, 2.45) is 11.7 Å². The highest BCUT2D eigenvalue weighted by molar-refractivity contribution is 5.81. The zero-order valence-corrected chi connectivity index (χ0v) is 9.32. The molecule has 1 aliphatic carbocycles. The van der Waals surface area contributed by atoms with Gasteiger partial charge in [0, 0.05) is 7.11 Å². The van der Waals surface area contributed by atoms with Crippen molar-refractivity contribution >= 4 is 5.97 Å². The first-order chi connectivity index (χ1) is 7.15. The summed E-state index contributed by atoms with van der Waals surface area (Å²) in [5.41, 5.74) is 5.03. The molecule has 88 valence electrons. The van der Waals surface area contributed by atoms with Crippen molar-refractivity contribution in [1.29, 1.82) is 0 Å². The summed E-state index contributed by atoms with van der Waals surface area (Å²) in [6.07, 6.45) is 1.94. The minimum atomic E-state index is -0.970. The zero-order chi connectivity index (χ0) is 11.3. The lowest BCUT2D eigenvalue weighted by atomic mass is 9.96.